The Morgan fingerprint density at radius 3 is 2.80 bits per heavy atom. The second-order valence-electron chi connectivity index (χ2n) is 6.89. The molecule has 1 aromatic carbocycles. The Balaban J connectivity index is 1.77. The van der Waals surface area contributed by atoms with Gasteiger partial charge in [0.1, 0.15) is 0 Å². The van der Waals surface area contributed by atoms with Crippen LogP contribution in [0.3, 0.4) is 0 Å². The van der Waals surface area contributed by atoms with Crippen LogP contribution in [0, 0.1) is 5.92 Å². The third kappa shape index (κ3) is 3.01. The van der Waals surface area contributed by atoms with Gasteiger partial charge in [-0.15, -0.1) is 0 Å². The molecule has 1 aromatic rings. The minimum absolute atomic E-state index is 0.750. The van der Waals surface area contributed by atoms with E-state index in [4.69, 9.17) is 0 Å². The summed E-state index contributed by atoms with van der Waals surface area (Å²) in [5, 5.41) is 3.59. The highest BCUT2D eigenvalue weighted by Crippen LogP contribution is 2.30. The van der Waals surface area contributed by atoms with Crippen LogP contribution in [0.5, 0.6) is 0 Å². The maximum atomic E-state index is 3.59. The summed E-state index contributed by atoms with van der Waals surface area (Å²) in [6.07, 6.45) is 6.83. The number of benzene rings is 1. The van der Waals surface area contributed by atoms with Crippen LogP contribution in [0.25, 0.3) is 0 Å². The Labute approximate surface area is 123 Å². The van der Waals surface area contributed by atoms with E-state index in [1.165, 1.54) is 55.5 Å². The fraction of sp³-hybridized carbons (Fsp3) is 0.667. The van der Waals surface area contributed by atoms with Crippen molar-refractivity contribution in [1.29, 1.82) is 0 Å². The van der Waals surface area contributed by atoms with Crippen LogP contribution in [-0.4, -0.2) is 24.0 Å². The van der Waals surface area contributed by atoms with Crippen LogP contribution in [0.1, 0.15) is 50.7 Å². The highest BCUT2D eigenvalue weighted by atomic mass is 15.2. The van der Waals surface area contributed by atoms with Gasteiger partial charge in [0.15, 0.2) is 0 Å². The summed E-state index contributed by atoms with van der Waals surface area (Å²) in [4.78, 5) is 2.74. The van der Waals surface area contributed by atoms with Gasteiger partial charge in [-0.05, 0) is 36.3 Å². The average Bonchev–Trinajstić information content (AvgIpc) is 3.09. The first-order valence-corrected chi connectivity index (χ1v) is 8.32. The zero-order valence-corrected chi connectivity index (χ0v) is 13.0. The van der Waals surface area contributed by atoms with E-state index >= 15 is 0 Å². The molecule has 1 saturated carbocycles. The second-order valence-corrected chi connectivity index (χ2v) is 6.89. The van der Waals surface area contributed by atoms with Gasteiger partial charge >= 0.3 is 0 Å². The van der Waals surface area contributed by atoms with Crippen LogP contribution in [0.4, 0.5) is 5.69 Å². The molecule has 110 valence electrons. The van der Waals surface area contributed by atoms with Gasteiger partial charge in [0.25, 0.3) is 0 Å². The average molecular weight is 272 g/mol. The van der Waals surface area contributed by atoms with Crippen LogP contribution < -0.4 is 5.32 Å². The molecule has 1 N–H and O–H groups in total. The maximum absolute atomic E-state index is 3.59. The molecule has 1 fully saturated rings. The van der Waals surface area contributed by atoms with Crippen LogP contribution in [0.2, 0.25) is 0 Å². The molecule has 2 aliphatic rings. The molecule has 1 heterocycles. The normalized spacial score (nSPS) is 18.8. The minimum atomic E-state index is 0.750. The van der Waals surface area contributed by atoms with Crippen molar-refractivity contribution < 1.29 is 0 Å². The minimum Gasteiger partial charge on any atom is -0.384 e. The van der Waals surface area contributed by atoms with Gasteiger partial charge in [-0.1, -0.05) is 44.9 Å². The number of para-hydroxylation sites is 1. The van der Waals surface area contributed by atoms with E-state index in [2.05, 4.69) is 42.3 Å². The monoisotopic (exact) mass is 272 g/mol. The number of nitrogens with zero attached hydrogens (tertiary/aromatic N) is 1. The molecule has 0 radical (unpaired) electrons. The summed E-state index contributed by atoms with van der Waals surface area (Å²) in [5.74, 6) is 0.750. The summed E-state index contributed by atoms with van der Waals surface area (Å²) < 4.78 is 0. The van der Waals surface area contributed by atoms with E-state index < -0.39 is 0 Å². The summed E-state index contributed by atoms with van der Waals surface area (Å²) in [7, 11) is 0. The summed E-state index contributed by atoms with van der Waals surface area (Å²) in [6.45, 7) is 8.15. The lowest BCUT2D eigenvalue weighted by molar-refractivity contribution is 0.169. The summed E-state index contributed by atoms with van der Waals surface area (Å²) in [5.41, 5.74) is 4.45. The van der Waals surface area contributed by atoms with Gasteiger partial charge in [-0.2, -0.15) is 0 Å². The molecule has 0 atom stereocenters. The second kappa shape index (κ2) is 6.17. The maximum Gasteiger partial charge on any atom is 0.0419 e. The number of hydrogen-bond acceptors (Lipinski definition) is 2. The molecule has 2 nitrogen and oxygen atoms in total. The first-order valence-electron chi connectivity index (χ1n) is 8.32. The predicted molar refractivity (Wildman–Crippen MR) is 86.1 cm³/mol. The lowest BCUT2D eigenvalue weighted by atomic mass is 10.0. The van der Waals surface area contributed by atoms with E-state index in [9.17, 15) is 0 Å². The number of rotatable bonds is 5. The highest BCUT2D eigenvalue weighted by Gasteiger charge is 2.24. The fourth-order valence-electron chi connectivity index (χ4n) is 3.84. The Morgan fingerprint density at radius 1 is 1.25 bits per heavy atom. The molecule has 20 heavy (non-hydrogen) atoms. The van der Waals surface area contributed by atoms with Crippen LogP contribution in [0.15, 0.2) is 18.2 Å². The van der Waals surface area contributed by atoms with Crippen molar-refractivity contribution in [3.05, 3.63) is 29.3 Å². The molecule has 0 bridgehead atoms. The van der Waals surface area contributed by atoms with E-state index in [0.29, 0.717) is 0 Å². The van der Waals surface area contributed by atoms with E-state index in [1.54, 1.807) is 0 Å². The van der Waals surface area contributed by atoms with Gasteiger partial charge in [-0.3, -0.25) is 4.90 Å². The smallest absolute Gasteiger partial charge is 0.0419 e. The van der Waals surface area contributed by atoms with Crippen molar-refractivity contribution in [1.82, 2.24) is 4.90 Å². The standard InChI is InChI=1S/C18H28N2/c1-14(2)12-20(17-8-3-4-9-17)13-16-7-5-6-15-10-11-19-18(15)16/h5-7,14,17,19H,3-4,8-13H2,1-2H3. The molecular weight excluding hydrogens is 244 g/mol. The van der Waals surface area contributed by atoms with E-state index in [0.717, 1.165) is 25.0 Å². The number of nitrogens with one attached hydrogen (secondary N) is 1. The summed E-state index contributed by atoms with van der Waals surface area (Å²) >= 11 is 0. The molecule has 3 rings (SSSR count). The highest BCUT2D eigenvalue weighted by molar-refractivity contribution is 5.61. The molecule has 2 heteroatoms. The SMILES string of the molecule is CC(C)CN(Cc1cccc2c1NCC2)C1CCCC1. The Morgan fingerprint density at radius 2 is 2.05 bits per heavy atom. The zero-order valence-electron chi connectivity index (χ0n) is 13.0. The van der Waals surface area contributed by atoms with Crippen molar-refractivity contribution in [2.75, 3.05) is 18.4 Å². The molecule has 0 aromatic heterocycles. The Hall–Kier alpha value is -1.02. The third-order valence-corrected chi connectivity index (χ3v) is 4.75. The number of hydrogen-bond donors (Lipinski definition) is 1. The largest absolute Gasteiger partial charge is 0.384 e. The van der Waals surface area contributed by atoms with Gasteiger partial charge in [-0.25, -0.2) is 0 Å². The fourth-order valence-corrected chi connectivity index (χ4v) is 3.84. The molecule has 0 unspecified atom stereocenters. The molecule has 1 aliphatic carbocycles. The van der Waals surface area contributed by atoms with Gasteiger partial charge in [0.05, 0.1) is 0 Å². The van der Waals surface area contributed by atoms with Crippen molar-refractivity contribution in [3.8, 4) is 0 Å². The Bertz CT molecular complexity index is 447. The van der Waals surface area contributed by atoms with Crippen molar-refractivity contribution in [2.45, 2.75) is 58.5 Å². The van der Waals surface area contributed by atoms with Crippen LogP contribution >= 0.6 is 0 Å². The number of fused-ring (bicyclic) bond motifs is 1. The van der Waals surface area contributed by atoms with E-state index in [-0.39, 0.29) is 0 Å². The molecular formula is C18H28N2. The van der Waals surface area contributed by atoms with Crippen molar-refractivity contribution >= 4 is 5.69 Å². The van der Waals surface area contributed by atoms with E-state index in [1.807, 2.05) is 0 Å². The lowest BCUT2D eigenvalue weighted by Crippen LogP contribution is -2.35. The predicted octanol–water partition coefficient (Wildman–Crippen LogP) is 4.06. The first-order chi connectivity index (χ1) is 9.74. The quantitative estimate of drug-likeness (QED) is 0.869. The van der Waals surface area contributed by atoms with Crippen LogP contribution in [-0.2, 0) is 13.0 Å². The third-order valence-electron chi connectivity index (χ3n) is 4.75. The lowest BCUT2D eigenvalue weighted by Gasteiger charge is -2.31. The molecule has 0 amide bonds. The van der Waals surface area contributed by atoms with Gasteiger partial charge in [0.2, 0.25) is 0 Å². The first kappa shape index (κ1) is 13.9. The van der Waals surface area contributed by atoms with Crippen molar-refractivity contribution in [3.63, 3.8) is 0 Å². The van der Waals surface area contributed by atoms with Gasteiger partial charge in [0, 0.05) is 31.4 Å². The van der Waals surface area contributed by atoms with Gasteiger partial charge < -0.3 is 5.32 Å². The topological polar surface area (TPSA) is 15.3 Å². The molecule has 0 spiro atoms. The summed E-state index contributed by atoms with van der Waals surface area (Å²) in [6, 6.07) is 7.65. The van der Waals surface area contributed by atoms with Crippen molar-refractivity contribution in [2.24, 2.45) is 5.92 Å². The zero-order chi connectivity index (χ0) is 13.9. The molecule has 1 aliphatic heterocycles. The Kier molecular flexibility index (Phi) is 4.30. The molecule has 0 saturated heterocycles. The number of anilines is 1.